The number of amides is 2. The van der Waals surface area contributed by atoms with Crippen LogP contribution in [0.15, 0.2) is 60.8 Å². The molecule has 0 aliphatic carbocycles. The van der Waals surface area contributed by atoms with E-state index < -0.39 is 0 Å². The molecule has 2 heterocycles. The van der Waals surface area contributed by atoms with Crippen molar-refractivity contribution in [1.29, 1.82) is 0 Å². The first-order valence-electron chi connectivity index (χ1n) is 10.8. The second-order valence-corrected chi connectivity index (χ2v) is 8.07. The van der Waals surface area contributed by atoms with Crippen LogP contribution in [-0.4, -0.2) is 41.3 Å². The number of para-hydroxylation sites is 1. The van der Waals surface area contributed by atoms with Gasteiger partial charge in [0.25, 0.3) is 0 Å². The van der Waals surface area contributed by atoms with Gasteiger partial charge in [0.15, 0.2) is 0 Å². The van der Waals surface area contributed by atoms with Crippen LogP contribution < -0.4 is 5.32 Å². The molecule has 4 rings (SSSR count). The molecule has 0 saturated carbocycles. The summed E-state index contributed by atoms with van der Waals surface area (Å²) in [6.07, 6.45) is 5.75. The van der Waals surface area contributed by atoms with Crippen molar-refractivity contribution >= 4 is 22.7 Å². The average Bonchev–Trinajstić information content (AvgIpc) is 3.21. The van der Waals surface area contributed by atoms with Crippen LogP contribution in [0.1, 0.15) is 30.4 Å². The van der Waals surface area contributed by atoms with E-state index in [-0.39, 0.29) is 17.7 Å². The lowest BCUT2D eigenvalue weighted by atomic mass is 9.96. The highest BCUT2D eigenvalue weighted by Gasteiger charge is 2.28. The molecule has 2 amide bonds. The number of benzene rings is 2. The Bertz CT molecular complexity index is 996. The number of H-pyrrole nitrogens is 1. The van der Waals surface area contributed by atoms with Gasteiger partial charge in [-0.15, -0.1) is 0 Å². The minimum atomic E-state index is -0.105. The van der Waals surface area contributed by atoms with Crippen LogP contribution in [0.4, 0.5) is 0 Å². The number of nitrogens with zero attached hydrogens (tertiary/aromatic N) is 1. The third kappa shape index (κ3) is 4.90. The molecule has 1 aliphatic rings. The molecular formula is C25H29N3O2. The summed E-state index contributed by atoms with van der Waals surface area (Å²) in [5.74, 6) is 0.105. The Kier molecular flexibility index (Phi) is 6.47. The molecule has 1 aromatic heterocycles. The first-order valence-corrected chi connectivity index (χ1v) is 10.8. The van der Waals surface area contributed by atoms with Gasteiger partial charge in [-0.05, 0) is 42.9 Å². The molecule has 156 valence electrons. The molecule has 1 saturated heterocycles. The second kappa shape index (κ2) is 9.61. The minimum Gasteiger partial charge on any atom is -0.361 e. The van der Waals surface area contributed by atoms with Crippen LogP contribution in [0, 0.1) is 5.92 Å². The number of aromatic nitrogens is 1. The Labute approximate surface area is 177 Å². The van der Waals surface area contributed by atoms with Gasteiger partial charge in [0.1, 0.15) is 0 Å². The molecule has 1 aliphatic heterocycles. The summed E-state index contributed by atoms with van der Waals surface area (Å²) in [7, 11) is 0. The zero-order valence-electron chi connectivity index (χ0n) is 17.3. The maximum absolute atomic E-state index is 12.8. The van der Waals surface area contributed by atoms with E-state index in [4.69, 9.17) is 0 Å². The van der Waals surface area contributed by atoms with Crippen molar-refractivity contribution in [3.05, 3.63) is 71.9 Å². The predicted molar refractivity (Wildman–Crippen MR) is 119 cm³/mol. The number of aromatic amines is 1. The SMILES string of the molecule is O=C(NCCc1ccccc1)C1CCCN(C(=O)CCc2c[nH]c3ccccc23)C1. The third-order valence-electron chi connectivity index (χ3n) is 5.98. The normalized spacial score (nSPS) is 16.5. The Morgan fingerprint density at radius 1 is 1.03 bits per heavy atom. The Hall–Kier alpha value is -3.08. The third-order valence-corrected chi connectivity index (χ3v) is 5.98. The molecule has 2 aromatic carbocycles. The lowest BCUT2D eigenvalue weighted by Gasteiger charge is -2.32. The van der Waals surface area contributed by atoms with Gasteiger partial charge in [-0.25, -0.2) is 0 Å². The van der Waals surface area contributed by atoms with Crippen molar-refractivity contribution in [2.75, 3.05) is 19.6 Å². The van der Waals surface area contributed by atoms with E-state index in [1.54, 1.807) is 0 Å². The minimum absolute atomic E-state index is 0.0695. The summed E-state index contributed by atoms with van der Waals surface area (Å²) in [6, 6.07) is 18.3. The van der Waals surface area contributed by atoms with Crippen LogP contribution in [0.2, 0.25) is 0 Å². The van der Waals surface area contributed by atoms with Crippen LogP contribution in [0.25, 0.3) is 10.9 Å². The van der Waals surface area contributed by atoms with Crippen molar-refractivity contribution in [1.82, 2.24) is 15.2 Å². The van der Waals surface area contributed by atoms with E-state index in [1.807, 2.05) is 47.5 Å². The van der Waals surface area contributed by atoms with E-state index >= 15 is 0 Å². The number of carbonyl (C=O) groups excluding carboxylic acids is 2. The Morgan fingerprint density at radius 3 is 2.70 bits per heavy atom. The molecule has 0 radical (unpaired) electrons. The van der Waals surface area contributed by atoms with E-state index in [2.05, 4.69) is 28.5 Å². The first kappa shape index (κ1) is 20.2. The van der Waals surface area contributed by atoms with Gasteiger partial charge in [-0.3, -0.25) is 9.59 Å². The van der Waals surface area contributed by atoms with Crippen molar-refractivity contribution in [2.24, 2.45) is 5.92 Å². The van der Waals surface area contributed by atoms with E-state index in [9.17, 15) is 9.59 Å². The molecule has 1 fully saturated rings. The zero-order valence-corrected chi connectivity index (χ0v) is 17.3. The quantitative estimate of drug-likeness (QED) is 0.632. The lowest BCUT2D eigenvalue weighted by Crippen LogP contribution is -2.45. The fraction of sp³-hybridized carbons (Fsp3) is 0.360. The maximum Gasteiger partial charge on any atom is 0.224 e. The number of nitrogens with one attached hydrogen (secondary N) is 2. The largest absolute Gasteiger partial charge is 0.361 e. The van der Waals surface area contributed by atoms with Gasteiger partial charge in [-0.1, -0.05) is 48.5 Å². The summed E-state index contributed by atoms with van der Waals surface area (Å²) in [5, 5.41) is 4.23. The molecule has 0 spiro atoms. The smallest absolute Gasteiger partial charge is 0.224 e. The van der Waals surface area contributed by atoms with Gasteiger partial charge in [0, 0.05) is 43.2 Å². The number of fused-ring (bicyclic) bond motifs is 1. The topological polar surface area (TPSA) is 65.2 Å². The fourth-order valence-corrected chi connectivity index (χ4v) is 4.27. The Morgan fingerprint density at radius 2 is 1.83 bits per heavy atom. The van der Waals surface area contributed by atoms with E-state index in [0.717, 1.165) is 31.3 Å². The Balaban J connectivity index is 1.25. The van der Waals surface area contributed by atoms with Crippen LogP contribution >= 0.6 is 0 Å². The van der Waals surface area contributed by atoms with Crippen LogP contribution in [-0.2, 0) is 22.4 Å². The molecule has 5 heteroatoms. The van der Waals surface area contributed by atoms with Crippen molar-refractivity contribution in [2.45, 2.75) is 32.1 Å². The summed E-state index contributed by atoms with van der Waals surface area (Å²) in [5.41, 5.74) is 3.49. The highest BCUT2D eigenvalue weighted by atomic mass is 16.2. The highest BCUT2D eigenvalue weighted by molar-refractivity contribution is 5.84. The standard InChI is InChI=1S/C25H29N3O2/c29-24(13-12-20-17-27-23-11-5-4-10-22(20)23)28-16-6-9-21(18-28)25(30)26-15-14-19-7-2-1-3-8-19/h1-5,7-8,10-11,17,21,27H,6,9,12-16,18H2,(H,26,30). The van der Waals surface area contributed by atoms with Crippen molar-refractivity contribution in [3.8, 4) is 0 Å². The molecule has 1 atom stereocenters. The second-order valence-electron chi connectivity index (χ2n) is 8.07. The van der Waals surface area contributed by atoms with Crippen molar-refractivity contribution in [3.63, 3.8) is 0 Å². The number of hydrogen-bond donors (Lipinski definition) is 2. The van der Waals surface area contributed by atoms with Gasteiger partial charge < -0.3 is 15.2 Å². The summed E-state index contributed by atoms with van der Waals surface area (Å²) in [6.45, 7) is 1.91. The van der Waals surface area contributed by atoms with Gasteiger partial charge in [0.05, 0.1) is 5.92 Å². The number of likely N-dealkylation sites (tertiary alicyclic amines) is 1. The maximum atomic E-state index is 12.8. The first-order chi connectivity index (χ1) is 14.7. The zero-order chi connectivity index (χ0) is 20.8. The summed E-state index contributed by atoms with van der Waals surface area (Å²) < 4.78 is 0. The van der Waals surface area contributed by atoms with Gasteiger partial charge in [0.2, 0.25) is 11.8 Å². The van der Waals surface area contributed by atoms with Gasteiger partial charge >= 0.3 is 0 Å². The highest BCUT2D eigenvalue weighted by Crippen LogP contribution is 2.21. The number of carbonyl (C=O) groups is 2. The van der Waals surface area contributed by atoms with Crippen molar-refractivity contribution < 1.29 is 9.59 Å². The summed E-state index contributed by atoms with van der Waals surface area (Å²) in [4.78, 5) is 30.5. The fourth-order valence-electron chi connectivity index (χ4n) is 4.27. The summed E-state index contributed by atoms with van der Waals surface area (Å²) >= 11 is 0. The molecule has 3 aromatic rings. The number of hydrogen-bond acceptors (Lipinski definition) is 2. The number of piperidine rings is 1. The van der Waals surface area contributed by atoms with Crippen LogP contribution in [0.5, 0.6) is 0 Å². The molecule has 1 unspecified atom stereocenters. The molecule has 5 nitrogen and oxygen atoms in total. The van der Waals surface area contributed by atoms with E-state index in [0.29, 0.717) is 25.9 Å². The molecule has 0 bridgehead atoms. The lowest BCUT2D eigenvalue weighted by molar-refractivity contribution is -0.135. The van der Waals surface area contributed by atoms with Crippen LogP contribution in [0.3, 0.4) is 0 Å². The van der Waals surface area contributed by atoms with Gasteiger partial charge in [-0.2, -0.15) is 0 Å². The number of rotatable bonds is 7. The molecule has 30 heavy (non-hydrogen) atoms. The monoisotopic (exact) mass is 403 g/mol. The molecule has 2 N–H and O–H groups in total. The average molecular weight is 404 g/mol. The predicted octanol–water partition coefficient (Wildman–Crippen LogP) is 3.70. The molecular weight excluding hydrogens is 374 g/mol. The van der Waals surface area contributed by atoms with E-state index in [1.165, 1.54) is 16.5 Å². The number of aryl methyl sites for hydroxylation is 1.